The van der Waals surface area contributed by atoms with Gasteiger partial charge in [-0.25, -0.2) is 4.98 Å². The molecule has 4 rings (SSSR count). The molecule has 0 fully saturated rings. The third-order valence-corrected chi connectivity index (χ3v) is 4.78. The van der Waals surface area contributed by atoms with E-state index in [-0.39, 0.29) is 6.04 Å². The van der Waals surface area contributed by atoms with Gasteiger partial charge in [0.25, 0.3) is 0 Å². The molecule has 5 heteroatoms. The number of aryl methyl sites for hydroxylation is 1. The number of pyridine rings is 1. The molecule has 1 unspecified atom stereocenters. The van der Waals surface area contributed by atoms with Crippen LogP contribution in [0.4, 0.5) is 0 Å². The molecule has 0 spiro atoms. The van der Waals surface area contributed by atoms with Gasteiger partial charge in [0.15, 0.2) is 0 Å². The van der Waals surface area contributed by atoms with Crippen LogP contribution >= 0.6 is 11.3 Å². The molecular weight excluding hydrogens is 256 g/mol. The Labute approximate surface area is 114 Å². The summed E-state index contributed by atoms with van der Waals surface area (Å²) in [6.45, 7) is 3.09. The maximum atomic E-state index is 4.63. The molecule has 3 aromatic heterocycles. The van der Waals surface area contributed by atoms with E-state index in [1.54, 1.807) is 17.7 Å². The number of hydrogen-bond donors (Lipinski definition) is 2. The van der Waals surface area contributed by atoms with Crippen LogP contribution in [0.3, 0.4) is 0 Å². The van der Waals surface area contributed by atoms with Crippen molar-refractivity contribution < 1.29 is 0 Å². The highest BCUT2D eigenvalue weighted by atomic mass is 32.1. The lowest BCUT2D eigenvalue weighted by atomic mass is 10.0. The highest BCUT2D eigenvalue weighted by Crippen LogP contribution is 2.30. The van der Waals surface area contributed by atoms with E-state index in [1.807, 2.05) is 6.20 Å². The molecule has 0 saturated carbocycles. The molecule has 4 nitrogen and oxygen atoms in total. The summed E-state index contributed by atoms with van der Waals surface area (Å²) in [6.07, 6.45) is 4.77. The molecule has 2 N–H and O–H groups in total. The number of rotatable bonds is 1. The minimum atomic E-state index is 0.113. The lowest BCUT2D eigenvalue weighted by Crippen LogP contribution is -2.31. The molecule has 1 atom stereocenters. The van der Waals surface area contributed by atoms with Crippen molar-refractivity contribution in [1.29, 1.82) is 0 Å². The second kappa shape index (κ2) is 4.15. The van der Waals surface area contributed by atoms with Gasteiger partial charge in [0, 0.05) is 34.9 Å². The molecule has 96 valence electrons. The van der Waals surface area contributed by atoms with E-state index in [0.717, 1.165) is 24.4 Å². The molecule has 19 heavy (non-hydrogen) atoms. The lowest BCUT2D eigenvalue weighted by Gasteiger charge is -2.22. The van der Waals surface area contributed by atoms with Crippen LogP contribution in [0.15, 0.2) is 24.0 Å². The first-order valence-corrected chi connectivity index (χ1v) is 7.30. The van der Waals surface area contributed by atoms with Crippen molar-refractivity contribution in [3.63, 3.8) is 0 Å². The average molecular weight is 270 g/mol. The van der Waals surface area contributed by atoms with Crippen LogP contribution in [0.25, 0.3) is 10.1 Å². The maximum Gasteiger partial charge on any atom is 0.0944 e. The second-order valence-electron chi connectivity index (χ2n) is 4.93. The van der Waals surface area contributed by atoms with Crippen LogP contribution < -0.4 is 5.32 Å². The number of imidazole rings is 1. The maximum absolute atomic E-state index is 4.63. The zero-order chi connectivity index (χ0) is 12.8. The van der Waals surface area contributed by atoms with Gasteiger partial charge >= 0.3 is 0 Å². The summed E-state index contributed by atoms with van der Waals surface area (Å²) in [7, 11) is 0. The summed E-state index contributed by atoms with van der Waals surface area (Å²) in [5, 5.41) is 6.95. The summed E-state index contributed by atoms with van der Waals surface area (Å²) in [6, 6.07) is 2.30. The molecule has 3 aromatic rings. The van der Waals surface area contributed by atoms with Crippen molar-refractivity contribution in [2.24, 2.45) is 0 Å². The Morgan fingerprint density at radius 3 is 3.26 bits per heavy atom. The van der Waals surface area contributed by atoms with Gasteiger partial charge in [0.05, 0.1) is 23.8 Å². The van der Waals surface area contributed by atoms with Crippen LogP contribution in [-0.2, 0) is 6.42 Å². The monoisotopic (exact) mass is 270 g/mol. The SMILES string of the molecule is Cc1csc2cc(C3NCCc4[nH]cnc43)ncc12. The Morgan fingerprint density at radius 2 is 2.32 bits per heavy atom. The van der Waals surface area contributed by atoms with E-state index in [9.17, 15) is 0 Å². The van der Waals surface area contributed by atoms with Gasteiger partial charge in [-0.2, -0.15) is 0 Å². The largest absolute Gasteiger partial charge is 0.348 e. The molecule has 0 amide bonds. The number of nitrogens with zero attached hydrogens (tertiary/aromatic N) is 2. The van der Waals surface area contributed by atoms with E-state index in [2.05, 4.69) is 38.6 Å². The Balaban J connectivity index is 1.83. The molecule has 1 aliphatic rings. The van der Waals surface area contributed by atoms with E-state index in [1.165, 1.54) is 21.3 Å². The summed E-state index contributed by atoms with van der Waals surface area (Å²) >= 11 is 1.78. The van der Waals surface area contributed by atoms with Crippen LogP contribution in [0.5, 0.6) is 0 Å². The smallest absolute Gasteiger partial charge is 0.0944 e. The summed E-state index contributed by atoms with van der Waals surface area (Å²) in [4.78, 5) is 12.3. The number of aromatic nitrogens is 3. The number of H-pyrrole nitrogens is 1. The predicted molar refractivity (Wildman–Crippen MR) is 76.5 cm³/mol. The third kappa shape index (κ3) is 1.69. The highest BCUT2D eigenvalue weighted by Gasteiger charge is 2.25. The first-order valence-electron chi connectivity index (χ1n) is 6.42. The summed E-state index contributed by atoms with van der Waals surface area (Å²) in [5.74, 6) is 0. The van der Waals surface area contributed by atoms with Gasteiger partial charge in [-0.1, -0.05) is 0 Å². The lowest BCUT2D eigenvalue weighted by molar-refractivity contribution is 0.544. The number of fused-ring (bicyclic) bond motifs is 2. The van der Waals surface area contributed by atoms with Gasteiger partial charge in [-0.15, -0.1) is 11.3 Å². The second-order valence-corrected chi connectivity index (χ2v) is 5.84. The molecule has 0 aliphatic carbocycles. The number of aromatic amines is 1. The molecule has 0 radical (unpaired) electrons. The van der Waals surface area contributed by atoms with Crippen molar-refractivity contribution in [1.82, 2.24) is 20.3 Å². The Bertz CT molecular complexity index is 743. The van der Waals surface area contributed by atoms with Gasteiger partial charge in [-0.05, 0) is 23.9 Å². The van der Waals surface area contributed by atoms with Crippen LogP contribution in [0, 0.1) is 6.92 Å². The Hall–Kier alpha value is -1.72. The quantitative estimate of drug-likeness (QED) is 0.714. The summed E-state index contributed by atoms with van der Waals surface area (Å²) < 4.78 is 1.30. The highest BCUT2D eigenvalue weighted by molar-refractivity contribution is 7.17. The van der Waals surface area contributed by atoms with Gasteiger partial charge < -0.3 is 10.3 Å². The molecular formula is C14H14N4S. The Kier molecular flexibility index (Phi) is 2.43. The fraction of sp³-hybridized carbons (Fsp3) is 0.286. The Morgan fingerprint density at radius 1 is 1.37 bits per heavy atom. The van der Waals surface area contributed by atoms with Gasteiger partial charge in [-0.3, -0.25) is 4.98 Å². The number of thiophene rings is 1. The van der Waals surface area contributed by atoms with E-state index < -0.39 is 0 Å². The minimum absolute atomic E-state index is 0.113. The van der Waals surface area contributed by atoms with Gasteiger partial charge in [0.2, 0.25) is 0 Å². The van der Waals surface area contributed by atoms with Crippen molar-refractivity contribution in [3.8, 4) is 0 Å². The average Bonchev–Trinajstić information content (AvgIpc) is 3.05. The standard InChI is InChI=1S/C14H14N4S/c1-8-6-19-12-4-11(16-5-9(8)12)14-13-10(2-3-15-14)17-7-18-13/h4-7,14-15H,2-3H2,1H3,(H,17,18). The van der Waals surface area contributed by atoms with Gasteiger partial charge in [0.1, 0.15) is 0 Å². The first-order chi connectivity index (χ1) is 9.33. The minimum Gasteiger partial charge on any atom is -0.348 e. The molecule has 1 aliphatic heterocycles. The molecule has 0 bridgehead atoms. The normalized spacial score (nSPS) is 18.7. The first kappa shape index (κ1) is 11.1. The van der Waals surface area contributed by atoms with Crippen molar-refractivity contribution in [3.05, 3.63) is 46.6 Å². The van der Waals surface area contributed by atoms with E-state index in [4.69, 9.17) is 0 Å². The van der Waals surface area contributed by atoms with Crippen LogP contribution in [0.2, 0.25) is 0 Å². The fourth-order valence-electron chi connectivity index (χ4n) is 2.68. The molecule has 0 saturated heterocycles. The van der Waals surface area contributed by atoms with E-state index >= 15 is 0 Å². The zero-order valence-corrected chi connectivity index (χ0v) is 11.4. The predicted octanol–water partition coefficient (Wildman–Crippen LogP) is 2.56. The topological polar surface area (TPSA) is 53.6 Å². The summed E-state index contributed by atoms with van der Waals surface area (Å²) in [5.41, 5.74) is 4.68. The fourth-order valence-corrected chi connectivity index (χ4v) is 3.64. The van der Waals surface area contributed by atoms with Crippen molar-refractivity contribution >= 4 is 21.4 Å². The molecule has 4 heterocycles. The number of hydrogen-bond acceptors (Lipinski definition) is 4. The van der Waals surface area contributed by atoms with Crippen LogP contribution in [-0.4, -0.2) is 21.5 Å². The van der Waals surface area contributed by atoms with Crippen molar-refractivity contribution in [2.45, 2.75) is 19.4 Å². The third-order valence-electron chi connectivity index (χ3n) is 3.72. The molecule has 0 aromatic carbocycles. The zero-order valence-electron chi connectivity index (χ0n) is 10.6. The van der Waals surface area contributed by atoms with Crippen LogP contribution in [0.1, 0.15) is 28.7 Å². The van der Waals surface area contributed by atoms with Crippen molar-refractivity contribution in [2.75, 3.05) is 6.54 Å². The van der Waals surface area contributed by atoms with E-state index in [0.29, 0.717) is 0 Å². The number of nitrogens with one attached hydrogen (secondary N) is 2.